The van der Waals surface area contributed by atoms with Gasteiger partial charge in [-0.1, -0.05) is 55.3 Å². The summed E-state index contributed by atoms with van der Waals surface area (Å²) in [7, 11) is 0. The van der Waals surface area contributed by atoms with Crippen LogP contribution in [0.1, 0.15) is 61.1 Å². The van der Waals surface area contributed by atoms with E-state index in [1.807, 2.05) is 67.6 Å². The highest BCUT2D eigenvalue weighted by Gasteiger charge is 2.34. The lowest BCUT2D eigenvalue weighted by atomic mass is 10.0. The van der Waals surface area contributed by atoms with Crippen LogP contribution in [-0.4, -0.2) is 52.6 Å². The maximum Gasteiger partial charge on any atom is 0.271 e. The molecule has 1 fully saturated rings. The molecule has 0 saturated heterocycles. The number of amides is 2. The lowest BCUT2D eigenvalue weighted by Gasteiger charge is -2.32. The molecule has 1 aliphatic rings. The van der Waals surface area contributed by atoms with E-state index in [-0.39, 0.29) is 31.0 Å². The van der Waals surface area contributed by atoms with Crippen molar-refractivity contribution in [3.05, 3.63) is 78.0 Å². The van der Waals surface area contributed by atoms with Crippen molar-refractivity contribution in [3.63, 3.8) is 0 Å². The molecule has 3 N–H and O–H groups in total. The number of ether oxygens (including phenoxy) is 1. The fourth-order valence-electron chi connectivity index (χ4n) is 4.79. The number of aromatic amines is 1. The molecule has 0 unspecified atom stereocenters. The van der Waals surface area contributed by atoms with Crippen LogP contribution in [0.3, 0.4) is 0 Å². The summed E-state index contributed by atoms with van der Waals surface area (Å²) in [4.78, 5) is 32.3. The second-order valence-corrected chi connectivity index (χ2v) is 9.12. The predicted octanol–water partition coefficient (Wildman–Crippen LogP) is 4.71. The van der Waals surface area contributed by atoms with Gasteiger partial charge >= 0.3 is 0 Å². The van der Waals surface area contributed by atoms with Gasteiger partial charge in [0.2, 0.25) is 5.91 Å². The highest BCUT2D eigenvalue weighted by atomic mass is 16.5. The van der Waals surface area contributed by atoms with E-state index in [0.29, 0.717) is 30.0 Å². The minimum atomic E-state index is -0.830. The topological polar surface area (TPSA) is 94.7 Å². The predicted molar refractivity (Wildman–Crippen MR) is 140 cm³/mol. The number of nitrogens with one attached hydrogen (secondary N) is 2. The van der Waals surface area contributed by atoms with Crippen LogP contribution in [0.15, 0.2) is 66.7 Å². The van der Waals surface area contributed by atoms with E-state index in [1.165, 1.54) is 0 Å². The summed E-state index contributed by atoms with van der Waals surface area (Å²) in [6.07, 6.45) is 4.45. The van der Waals surface area contributed by atoms with Crippen LogP contribution in [0.4, 0.5) is 0 Å². The Labute approximate surface area is 212 Å². The van der Waals surface area contributed by atoms with Crippen molar-refractivity contribution in [2.75, 3.05) is 19.8 Å². The summed E-state index contributed by atoms with van der Waals surface area (Å²) in [5.41, 5.74) is 2.90. The fraction of sp³-hybridized carbons (Fsp3) is 0.379. The van der Waals surface area contributed by atoms with Crippen LogP contribution < -0.4 is 10.1 Å². The molecular formula is C29H35N3O4. The SMILES string of the molecule is CCOc1ccc([C@@H](C(=O)NC2CCCC2)N(CCCO)C(=O)c2ccc(-c3ccccc3)[nH]2)cc1. The number of benzene rings is 2. The molecule has 1 atom stereocenters. The zero-order chi connectivity index (χ0) is 25.3. The Balaban J connectivity index is 1.66. The maximum atomic E-state index is 13.8. The zero-order valence-electron chi connectivity index (χ0n) is 20.8. The molecule has 7 heteroatoms. The number of nitrogens with zero attached hydrogens (tertiary/aromatic N) is 1. The van der Waals surface area contributed by atoms with E-state index in [1.54, 1.807) is 11.0 Å². The van der Waals surface area contributed by atoms with Gasteiger partial charge in [-0.05, 0) is 61.6 Å². The molecule has 1 aliphatic carbocycles. The number of carbonyl (C=O) groups is 2. The van der Waals surface area contributed by atoms with Crippen molar-refractivity contribution in [3.8, 4) is 17.0 Å². The lowest BCUT2D eigenvalue weighted by Crippen LogP contribution is -2.46. The van der Waals surface area contributed by atoms with E-state index in [2.05, 4.69) is 10.3 Å². The van der Waals surface area contributed by atoms with Gasteiger partial charge in [-0.25, -0.2) is 0 Å². The average molecular weight is 490 g/mol. The van der Waals surface area contributed by atoms with Gasteiger partial charge in [0.15, 0.2) is 0 Å². The number of rotatable bonds is 11. The third kappa shape index (κ3) is 6.15. The van der Waals surface area contributed by atoms with E-state index in [4.69, 9.17) is 4.74 Å². The van der Waals surface area contributed by atoms with E-state index < -0.39 is 6.04 Å². The van der Waals surface area contributed by atoms with Gasteiger partial charge in [0.25, 0.3) is 5.91 Å². The summed E-state index contributed by atoms with van der Waals surface area (Å²) in [5, 5.41) is 12.7. The Morgan fingerprint density at radius 3 is 2.44 bits per heavy atom. The van der Waals surface area contributed by atoms with Gasteiger partial charge in [0.05, 0.1) is 6.61 Å². The van der Waals surface area contributed by atoms with Gasteiger partial charge in [-0.3, -0.25) is 9.59 Å². The summed E-state index contributed by atoms with van der Waals surface area (Å²) in [6, 6.07) is 20.0. The number of hydrogen-bond acceptors (Lipinski definition) is 4. The van der Waals surface area contributed by atoms with Gasteiger partial charge in [0, 0.05) is 24.9 Å². The second kappa shape index (κ2) is 12.4. The Kier molecular flexibility index (Phi) is 8.79. The highest BCUT2D eigenvalue weighted by Crippen LogP contribution is 2.28. The lowest BCUT2D eigenvalue weighted by molar-refractivity contribution is -0.126. The normalized spacial score (nSPS) is 14.4. The van der Waals surface area contributed by atoms with Crippen LogP contribution >= 0.6 is 0 Å². The number of carbonyl (C=O) groups excluding carboxylic acids is 2. The number of aliphatic hydroxyl groups is 1. The van der Waals surface area contributed by atoms with Gasteiger partial charge < -0.3 is 25.0 Å². The molecule has 190 valence electrons. The van der Waals surface area contributed by atoms with Crippen molar-refractivity contribution >= 4 is 11.8 Å². The zero-order valence-corrected chi connectivity index (χ0v) is 20.8. The van der Waals surface area contributed by atoms with Crippen molar-refractivity contribution in [1.29, 1.82) is 0 Å². The van der Waals surface area contributed by atoms with Crippen molar-refractivity contribution in [2.45, 2.75) is 51.1 Å². The molecule has 7 nitrogen and oxygen atoms in total. The van der Waals surface area contributed by atoms with Crippen LogP contribution in [0.5, 0.6) is 5.75 Å². The number of aliphatic hydroxyl groups excluding tert-OH is 1. The van der Waals surface area contributed by atoms with E-state index in [9.17, 15) is 14.7 Å². The first-order valence-electron chi connectivity index (χ1n) is 12.8. The summed E-state index contributed by atoms with van der Waals surface area (Å²) < 4.78 is 5.58. The van der Waals surface area contributed by atoms with E-state index in [0.717, 1.165) is 36.9 Å². The third-order valence-corrected chi connectivity index (χ3v) is 6.59. The smallest absolute Gasteiger partial charge is 0.271 e. The molecule has 36 heavy (non-hydrogen) atoms. The summed E-state index contributed by atoms with van der Waals surface area (Å²) in [5.74, 6) is 0.222. The minimum absolute atomic E-state index is 0.0794. The Hall–Kier alpha value is -3.58. The molecule has 3 aromatic rings. The van der Waals surface area contributed by atoms with Gasteiger partial charge in [-0.15, -0.1) is 0 Å². The second-order valence-electron chi connectivity index (χ2n) is 9.12. The average Bonchev–Trinajstić information content (AvgIpc) is 3.60. The van der Waals surface area contributed by atoms with Gasteiger partial charge in [0.1, 0.15) is 17.5 Å². The largest absolute Gasteiger partial charge is 0.494 e. The Bertz CT molecular complexity index is 1120. The molecule has 2 aromatic carbocycles. The monoisotopic (exact) mass is 489 g/mol. The van der Waals surface area contributed by atoms with Crippen LogP contribution in [-0.2, 0) is 4.79 Å². The van der Waals surface area contributed by atoms with Crippen molar-refractivity contribution < 1.29 is 19.4 Å². The maximum absolute atomic E-state index is 13.8. The molecule has 0 spiro atoms. The molecule has 0 aliphatic heterocycles. The summed E-state index contributed by atoms with van der Waals surface area (Å²) >= 11 is 0. The first-order valence-corrected chi connectivity index (χ1v) is 12.8. The number of hydrogen-bond donors (Lipinski definition) is 3. The standard InChI is InChI=1S/C29H35N3O4/c1-2-36-24-15-13-22(14-16-24)27(28(34)30-23-11-6-7-12-23)32(19-8-20-33)29(35)26-18-17-25(31-26)21-9-4-3-5-10-21/h3-5,9-10,13-18,23,27,31,33H,2,6-8,11-12,19-20H2,1H3,(H,30,34)/t27-/m0/s1. The Morgan fingerprint density at radius 2 is 1.78 bits per heavy atom. The number of aromatic nitrogens is 1. The van der Waals surface area contributed by atoms with Crippen LogP contribution in [0.2, 0.25) is 0 Å². The van der Waals surface area contributed by atoms with Crippen molar-refractivity contribution in [1.82, 2.24) is 15.2 Å². The third-order valence-electron chi connectivity index (χ3n) is 6.59. The van der Waals surface area contributed by atoms with Crippen LogP contribution in [0.25, 0.3) is 11.3 Å². The van der Waals surface area contributed by atoms with E-state index >= 15 is 0 Å². The molecule has 1 saturated carbocycles. The van der Waals surface area contributed by atoms with Gasteiger partial charge in [-0.2, -0.15) is 0 Å². The number of H-pyrrole nitrogens is 1. The highest BCUT2D eigenvalue weighted by molar-refractivity contribution is 5.97. The first kappa shape index (κ1) is 25.5. The molecule has 0 bridgehead atoms. The molecule has 1 heterocycles. The molecule has 2 amide bonds. The summed E-state index contributed by atoms with van der Waals surface area (Å²) in [6.45, 7) is 2.62. The van der Waals surface area contributed by atoms with Crippen molar-refractivity contribution in [2.24, 2.45) is 0 Å². The first-order chi connectivity index (χ1) is 17.6. The quantitative estimate of drug-likeness (QED) is 0.364. The molecule has 1 aromatic heterocycles. The molecule has 4 rings (SSSR count). The molecular weight excluding hydrogens is 454 g/mol. The molecule has 0 radical (unpaired) electrons. The minimum Gasteiger partial charge on any atom is -0.494 e. The Morgan fingerprint density at radius 1 is 1.06 bits per heavy atom. The fourth-order valence-corrected chi connectivity index (χ4v) is 4.79. The van der Waals surface area contributed by atoms with Crippen LogP contribution in [0, 0.1) is 0 Å².